The fraction of sp³-hybridized carbons (Fsp3) is 0.636. The van der Waals surface area contributed by atoms with E-state index in [0.717, 1.165) is 29.0 Å². The molecule has 140 valence electrons. The Kier molecular flexibility index (Phi) is 4.54. The Morgan fingerprint density at radius 2 is 1.58 bits per heavy atom. The van der Waals surface area contributed by atoms with Gasteiger partial charge < -0.3 is 10.6 Å². The molecule has 4 aliphatic rings. The Bertz CT molecular complexity index is 659. The molecule has 26 heavy (non-hydrogen) atoms. The van der Waals surface area contributed by atoms with Crippen LogP contribution < -0.4 is 10.6 Å². The summed E-state index contributed by atoms with van der Waals surface area (Å²) in [5, 5.41) is 6.08. The van der Waals surface area contributed by atoms with Crippen molar-refractivity contribution in [3.8, 4) is 0 Å². The van der Waals surface area contributed by atoms with Crippen molar-refractivity contribution in [1.29, 1.82) is 0 Å². The van der Waals surface area contributed by atoms with E-state index in [1.54, 1.807) is 0 Å². The van der Waals surface area contributed by atoms with Gasteiger partial charge in [0.05, 0.1) is 6.42 Å². The van der Waals surface area contributed by atoms with Gasteiger partial charge in [0.1, 0.15) is 0 Å². The number of carbonyl (C=O) groups excluding carboxylic acids is 2. The molecule has 1 aromatic rings. The average Bonchev–Trinajstić information content (AvgIpc) is 2.55. The van der Waals surface area contributed by atoms with Gasteiger partial charge in [0, 0.05) is 18.7 Å². The molecular weight excluding hydrogens is 324 g/mol. The Labute approximate surface area is 156 Å². The van der Waals surface area contributed by atoms with Gasteiger partial charge in [-0.1, -0.05) is 12.1 Å². The summed E-state index contributed by atoms with van der Waals surface area (Å²) in [6.07, 6.45) is 8.63. The van der Waals surface area contributed by atoms with Crippen LogP contribution in [-0.2, 0) is 16.0 Å². The third-order valence-corrected chi connectivity index (χ3v) is 7.02. The minimum atomic E-state index is -0.0834. The minimum Gasteiger partial charge on any atom is -0.353 e. The molecule has 4 bridgehead atoms. The van der Waals surface area contributed by atoms with E-state index in [1.807, 2.05) is 24.3 Å². The molecule has 0 aliphatic heterocycles. The van der Waals surface area contributed by atoms with E-state index in [4.69, 9.17) is 0 Å². The Morgan fingerprint density at radius 1 is 1.04 bits per heavy atom. The van der Waals surface area contributed by atoms with Gasteiger partial charge in [0.15, 0.2) is 0 Å². The van der Waals surface area contributed by atoms with Crippen LogP contribution in [0, 0.1) is 23.2 Å². The lowest BCUT2D eigenvalue weighted by atomic mass is 9.48. The number of benzene rings is 1. The summed E-state index contributed by atoms with van der Waals surface area (Å²) in [6, 6.07) is 7.81. The molecule has 0 unspecified atom stereocenters. The quantitative estimate of drug-likeness (QED) is 0.842. The van der Waals surface area contributed by atoms with Gasteiger partial charge >= 0.3 is 0 Å². The maximum Gasteiger partial charge on any atom is 0.224 e. The predicted octanol–water partition coefficient (Wildman–Crippen LogP) is 3.91. The molecule has 4 saturated carbocycles. The molecule has 0 aromatic heterocycles. The summed E-state index contributed by atoms with van der Waals surface area (Å²) < 4.78 is 0. The SMILES string of the molecule is CC(=O)Nc1ccc(CC(=O)N[C@H](C)C23CC4CC(CC(C4)C2)C3)cc1. The summed E-state index contributed by atoms with van der Waals surface area (Å²) in [5.41, 5.74) is 2.09. The Balaban J connectivity index is 1.35. The first kappa shape index (κ1) is 17.6. The molecule has 0 saturated heterocycles. The zero-order valence-electron chi connectivity index (χ0n) is 15.9. The van der Waals surface area contributed by atoms with Gasteiger partial charge in [-0.3, -0.25) is 9.59 Å². The van der Waals surface area contributed by atoms with Crippen LogP contribution in [0.1, 0.15) is 57.9 Å². The minimum absolute atomic E-state index is 0.0834. The van der Waals surface area contributed by atoms with Crippen molar-refractivity contribution in [2.75, 3.05) is 5.32 Å². The summed E-state index contributed by atoms with van der Waals surface area (Å²) in [6.45, 7) is 3.72. The monoisotopic (exact) mass is 354 g/mol. The van der Waals surface area contributed by atoms with Crippen molar-refractivity contribution in [3.05, 3.63) is 29.8 Å². The van der Waals surface area contributed by atoms with E-state index in [2.05, 4.69) is 17.6 Å². The molecular formula is C22H30N2O2. The molecule has 2 amide bonds. The smallest absolute Gasteiger partial charge is 0.224 e. The second-order valence-corrected chi connectivity index (χ2v) is 9.12. The van der Waals surface area contributed by atoms with Crippen LogP contribution in [0.25, 0.3) is 0 Å². The molecule has 4 aliphatic carbocycles. The van der Waals surface area contributed by atoms with E-state index in [9.17, 15) is 9.59 Å². The molecule has 0 spiro atoms. The third-order valence-electron chi connectivity index (χ3n) is 7.02. The van der Waals surface area contributed by atoms with Gasteiger partial charge in [-0.2, -0.15) is 0 Å². The van der Waals surface area contributed by atoms with Crippen molar-refractivity contribution in [2.24, 2.45) is 23.2 Å². The summed E-state index contributed by atoms with van der Waals surface area (Å²) in [7, 11) is 0. The van der Waals surface area contributed by atoms with Crippen LogP contribution >= 0.6 is 0 Å². The zero-order chi connectivity index (χ0) is 18.3. The van der Waals surface area contributed by atoms with Gasteiger partial charge in [0.25, 0.3) is 0 Å². The third kappa shape index (κ3) is 3.51. The van der Waals surface area contributed by atoms with Crippen molar-refractivity contribution >= 4 is 17.5 Å². The van der Waals surface area contributed by atoms with Gasteiger partial charge in [0.2, 0.25) is 11.8 Å². The molecule has 1 atom stereocenters. The highest BCUT2D eigenvalue weighted by atomic mass is 16.2. The van der Waals surface area contributed by atoms with Gasteiger partial charge in [-0.25, -0.2) is 0 Å². The Morgan fingerprint density at radius 3 is 2.08 bits per heavy atom. The summed E-state index contributed by atoms with van der Waals surface area (Å²) >= 11 is 0. The molecule has 4 fully saturated rings. The van der Waals surface area contributed by atoms with Crippen LogP contribution in [0.3, 0.4) is 0 Å². The lowest BCUT2D eigenvalue weighted by Gasteiger charge is -2.59. The molecule has 1 aromatic carbocycles. The number of rotatable bonds is 5. The lowest BCUT2D eigenvalue weighted by Crippen LogP contribution is -2.56. The van der Waals surface area contributed by atoms with E-state index >= 15 is 0 Å². The first-order valence-electron chi connectivity index (χ1n) is 10.1. The predicted molar refractivity (Wildman–Crippen MR) is 103 cm³/mol. The summed E-state index contributed by atoms with van der Waals surface area (Å²) in [4.78, 5) is 23.7. The number of hydrogen-bond donors (Lipinski definition) is 2. The van der Waals surface area contributed by atoms with E-state index in [-0.39, 0.29) is 17.9 Å². The van der Waals surface area contributed by atoms with Crippen LogP contribution in [0.5, 0.6) is 0 Å². The molecule has 0 heterocycles. The van der Waals surface area contributed by atoms with Gasteiger partial charge in [-0.05, 0) is 86.3 Å². The lowest BCUT2D eigenvalue weighted by molar-refractivity contribution is -0.125. The molecule has 2 N–H and O–H groups in total. The maximum atomic E-state index is 12.6. The highest BCUT2D eigenvalue weighted by Gasteiger charge is 2.53. The van der Waals surface area contributed by atoms with Crippen molar-refractivity contribution < 1.29 is 9.59 Å². The van der Waals surface area contributed by atoms with E-state index < -0.39 is 0 Å². The number of carbonyl (C=O) groups is 2. The van der Waals surface area contributed by atoms with E-state index in [1.165, 1.54) is 45.4 Å². The molecule has 5 rings (SSSR count). The fourth-order valence-corrected chi connectivity index (χ4v) is 6.25. The second kappa shape index (κ2) is 6.71. The largest absolute Gasteiger partial charge is 0.353 e. The second-order valence-electron chi connectivity index (χ2n) is 9.12. The molecule has 4 heteroatoms. The van der Waals surface area contributed by atoms with E-state index in [0.29, 0.717) is 11.8 Å². The molecule has 0 radical (unpaired) electrons. The maximum absolute atomic E-state index is 12.6. The highest BCUT2D eigenvalue weighted by Crippen LogP contribution is 2.61. The fourth-order valence-electron chi connectivity index (χ4n) is 6.25. The zero-order valence-corrected chi connectivity index (χ0v) is 15.9. The highest BCUT2D eigenvalue weighted by molar-refractivity contribution is 5.88. The Hall–Kier alpha value is -1.84. The first-order valence-corrected chi connectivity index (χ1v) is 10.1. The van der Waals surface area contributed by atoms with Crippen molar-refractivity contribution in [3.63, 3.8) is 0 Å². The topological polar surface area (TPSA) is 58.2 Å². The van der Waals surface area contributed by atoms with Crippen LogP contribution in [-0.4, -0.2) is 17.9 Å². The van der Waals surface area contributed by atoms with Crippen molar-refractivity contribution in [1.82, 2.24) is 5.32 Å². The van der Waals surface area contributed by atoms with Gasteiger partial charge in [-0.15, -0.1) is 0 Å². The number of anilines is 1. The molecule has 4 nitrogen and oxygen atoms in total. The average molecular weight is 354 g/mol. The first-order chi connectivity index (χ1) is 12.4. The number of nitrogens with one attached hydrogen (secondary N) is 2. The number of hydrogen-bond acceptors (Lipinski definition) is 2. The number of amides is 2. The van der Waals surface area contributed by atoms with Crippen molar-refractivity contribution in [2.45, 2.75) is 64.8 Å². The van der Waals surface area contributed by atoms with Crippen LogP contribution in [0.4, 0.5) is 5.69 Å². The standard InChI is InChI=1S/C22H30N2O2/c1-14(22-11-17-7-18(12-22)9-19(8-17)13-22)23-21(26)10-16-3-5-20(6-4-16)24-15(2)25/h3-6,14,17-19H,7-13H2,1-2H3,(H,23,26)(H,24,25)/t14-,17?,18?,19?,22?/m1/s1. The summed E-state index contributed by atoms with van der Waals surface area (Å²) in [5.74, 6) is 2.74. The normalized spacial score (nSPS) is 32.9. The van der Waals surface area contributed by atoms with Crippen LogP contribution in [0.2, 0.25) is 0 Å². The van der Waals surface area contributed by atoms with Crippen LogP contribution in [0.15, 0.2) is 24.3 Å².